The van der Waals surface area contributed by atoms with Crippen LogP contribution in [0.5, 0.6) is 0 Å². The highest BCUT2D eigenvalue weighted by Crippen LogP contribution is 2.09. The van der Waals surface area contributed by atoms with Crippen LogP contribution in [0.1, 0.15) is 19.4 Å². The summed E-state index contributed by atoms with van der Waals surface area (Å²) in [6, 6.07) is 6.04. The average molecular weight is 306 g/mol. The first-order chi connectivity index (χ1) is 8.63. The summed E-state index contributed by atoms with van der Waals surface area (Å²) in [5.41, 5.74) is 0.832. The molecule has 3 N–H and O–H groups in total. The molecule has 0 spiro atoms. The van der Waals surface area contributed by atoms with Crippen LogP contribution in [0.25, 0.3) is 0 Å². The average Bonchev–Trinajstić information content (AvgIpc) is 2.28. The van der Waals surface area contributed by atoms with Crippen molar-refractivity contribution in [2.45, 2.75) is 30.4 Å². The van der Waals surface area contributed by atoms with Crippen LogP contribution in [0.3, 0.4) is 0 Å². The molecule has 1 aromatic rings. The highest BCUT2D eigenvalue weighted by molar-refractivity contribution is 7.90. The van der Waals surface area contributed by atoms with Crippen molar-refractivity contribution >= 4 is 20.0 Å². The number of primary sulfonamides is 1. The molecule has 0 heterocycles. The molecule has 1 aromatic carbocycles. The maximum Gasteiger partial charge on any atom is 0.238 e. The Labute approximate surface area is 114 Å². The van der Waals surface area contributed by atoms with Crippen LogP contribution in [0.15, 0.2) is 29.2 Å². The number of nitrogens with two attached hydrogens (primary N) is 1. The van der Waals surface area contributed by atoms with E-state index in [1.165, 1.54) is 12.1 Å². The van der Waals surface area contributed by atoms with Crippen molar-refractivity contribution in [1.29, 1.82) is 0 Å². The summed E-state index contributed by atoms with van der Waals surface area (Å²) in [7, 11) is -6.95. The molecule has 0 amide bonds. The Balaban J connectivity index is 2.61. The molecule has 0 aliphatic rings. The minimum Gasteiger partial charge on any atom is -0.225 e. The van der Waals surface area contributed by atoms with Gasteiger partial charge in [0.2, 0.25) is 20.0 Å². The lowest BCUT2D eigenvalue weighted by molar-refractivity contribution is 0.572. The third-order valence-corrected chi connectivity index (χ3v) is 5.37. The Morgan fingerprint density at radius 3 is 2.05 bits per heavy atom. The minimum absolute atomic E-state index is 0.0408. The zero-order valence-corrected chi connectivity index (χ0v) is 12.5. The van der Waals surface area contributed by atoms with Crippen LogP contribution in [0, 0.1) is 0 Å². The van der Waals surface area contributed by atoms with E-state index in [0.717, 1.165) is 5.56 Å². The molecule has 0 atom stereocenters. The van der Waals surface area contributed by atoms with Crippen LogP contribution in [0.2, 0.25) is 0 Å². The van der Waals surface area contributed by atoms with E-state index >= 15 is 0 Å². The molecule has 0 fully saturated rings. The first-order valence-corrected chi connectivity index (χ1v) is 8.82. The summed E-state index contributed by atoms with van der Waals surface area (Å²) in [4.78, 5) is 0.0408. The molecular formula is C11H18N2O4S2. The van der Waals surface area contributed by atoms with Gasteiger partial charge in [-0.2, -0.15) is 0 Å². The lowest BCUT2D eigenvalue weighted by atomic mass is 10.2. The molecule has 0 bridgehead atoms. The van der Waals surface area contributed by atoms with Crippen LogP contribution >= 0.6 is 0 Å². The van der Waals surface area contributed by atoms with E-state index < -0.39 is 25.3 Å². The Morgan fingerprint density at radius 2 is 1.63 bits per heavy atom. The Kier molecular flexibility index (Phi) is 5.08. The lowest BCUT2D eigenvalue weighted by Gasteiger charge is -2.09. The fourth-order valence-electron chi connectivity index (χ4n) is 1.35. The topological polar surface area (TPSA) is 106 Å². The van der Waals surface area contributed by atoms with Gasteiger partial charge in [0.1, 0.15) is 0 Å². The van der Waals surface area contributed by atoms with Crippen molar-refractivity contribution in [2.75, 3.05) is 6.54 Å². The largest absolute Gasteiger partial charge is 0.238 e. The summed E-state index contributed by atoms with van der Waals surface area (Å²) in [5.74, 6) is 0. The van der Waals surface area contributed by atoms with Crippen molar-refractivity contribution in [3.8, 4) is 0 Å². The molecule has 1 rings (SSSR count). The maximum atomic E-state index is 11.5. The molecule has 0 aliphatic carbocycles. The number of hydrogen-bond donors (Lipinski definition) is 2. The molecule has 108 valence electrons. The predicted octanol–water partition coefficient (Wildman–Crippen LogP) is 0.204. The second kappa shape index (κ2) is 6.00. The van der Waals surface area contributed by atoms with Crippen LogP contribution in [-0.4, -0.2) is 28.6 Å². The van der Waals surface area contributed by atoms with Gasteiger partial charge >= 0.3 is 0 Å². The van der Waals surface area contributed by atoms with Crippen LogP contribution in [0.4, 0.5) is 0 Å². The van der Waals surface area contributed by atoms with Crippen molar-refractivity contribution in [1.82, 2.24) is 4.72 Å². The third-order valence-electron chi connectivity index (χ3n) is 2.59. The molecule has 0 unspecified atom stereocenters. The van der Waals surface area contributed by atoms with Gasteiger partial charge in [0.05, 0.1) is 10.1 Å². The number of benzene rings is 1. The highest BCUT2D eigenvalue weighted by Gasteiger charge is 2.14. The number of hydrogen-bond acceptors (Lipinski definition) is 4. The normalized spacial score (nSPS) is 12.8. The Bertz CT molecular complexity index is 619. The highest BCUT2D eigenvalue weighted by atomic mass is 32.2. The van der Waals surface area contributed by atoms with Crippen molar-refractivity contribution in [2.24, 2.45) is 5.14 Å². The second-order valence-electron chi connectivity index (χ2n) is 4.43. The summed E-state index contributed by atoms with van der Waals surface area (Å²) in [6.07, 6.45) is 0.483. The molecule has 0 radical (unpaired) electrons. The van der Waals surface area contributed by atoms with Gasteiger partial charge in [-0.1, -0.05) is 12.1 Å². The van der Waals surface area contributed by atoms with Crippen LogP contribution in [-0.2, 0) is 26.5 Å². The summed E-state index contributed by atoms with van der Waals surface area (Å²) in [6.45, 7) is 3.47. The molecule has 0 aromatic heterocycles. The van der Waals surface area contributed by atoms with Gasteiger partial charge in [0.15, 0.2) is 0 Å². The number of sulfonamides is 2. The van der Waals surface area contributed by atoms with Crippen molar-refractivity contribution in [3.05, 3.63) is 29.8 Å². The van der Waals surface area contributed by atoms with Gasteiger partial charge < -0.3 is 0 Å². The Morgan fingerprint density at radius 1 is 1.11 bits per heavy atom. The predicted molar refractivity (Wildman–Crippen MR) is 73.6 cm³/mol. The minimum atomic E-state index is -3.69. The van der Waals surface area contributed by atoms with Gasteiger partial charge in [0.25, 0.3) is 0 Å². The lowest BCUT2D eigenvalue weighted by Crippen LogP contribution is -2.32. The van der Waals surface area contributed by atoms with Gasteiger partial charge in [-0.05, 0) is 38.0 Å². The van der Waals surface area contributed by atoms with Gasteiger partial charge in [0, 0.05) is 6.54 Å². The first kappa shape index (κ1) is 16.1. The van der Waals surface area contributed by atoms with Gasteiger partial charge in [-0.3, -0.25) is 0 Å². The fourth-order valence-corrected chi connectivity index (χ4v) is 2.59. The molecular weight excluding hydrogens is 288 g/mol. The zero-order valence-electron chi connectivity index (χ0n) is 10.8. The molecule has 0 saturated carbocycles. The summed E-state index contributed by atoms with van der Waals surface area (Å²) < 4.78 is 47.6. The zero-order chi connectivity index (χ0) is 14.7. The SMILES string of the molecule is CC(C)S(=O)(=O)NCCc1ccc(S(N)(=O)=O)cc1. The maximum absolute atomic E-state index is 11.5. The molecule has 19 heavy (non-hydrogen) atoms. The molecule has 6 nitrogen and oxygen atoms in total. The Hall–Kier alpha value is -0.960. The van der Waals surface area contributed by atoms with Gasteiger partial charge in [-0.15, -0.1) is 0 Å². The number of rotatable bonds is 6. The third kappa shape index (κ3) is 4.90. The van der Waals surface area contributed by atoms with E-state index in [-0.39, 0.29) is 11.4 Å². The first-order valence-electron chi connectivity index (χ1n) is 5.73. The van der Waals surface area contributed by atoms with Gasteiger partial charge in [-0.25, -0.2) is 26.7 Å². The van der Waals surface area contributed by atoms with E-state index in [2.05, 4.69) is 4.72 Å². The standard InChI is InChI=1S/C11H18N2O4S2/c1-9(2)19(16,17)13-8-7-10-3-5-11(6-4-10)18(12,14)15/h3-6,9,13H,7-8H2,1-2H3,(H2,12,14,15). The van der Waals surface area contributed by atoms with E-state index in [1.54, 1.807) is 26.0 Å². The van der Waals surface area contributed by atoms with Crippen LogP contribution < -0.4 is 9.86 Å². The summed E-state index contributed by atoms with van der Waals surface area (Å²) in [5, 5.41) is 4.50. The van der Waals surface area contributed by atoms with E-state index in [1.807, 2.05) is 0 Å². The monoisotopic (exact) mass is 306 g/mol. The number of nitrogens with one attached hydrogen (secondary N) is 1. The quantitative estimate of drug-likeness (QED) is 0.783. The fraction of sp³-hybridized carbons (Fsp3) is 0.455. The smallest absolute Gasteiger partial charge is 0.225 e. The van der Waals surface area contributed by atoms with E-state index in [0.29, 0.717) is 6.42 Å². The molecule has 8 heteroatoms. The molecule has 0 saturated heterocycles. The van der Waals surface area contributed by atoms with E-state index in [9.17, 15) is 16.8 Å². The van der Waals surface area contributed by atoms with Crippen molar-refractivity contribution in [3.63, 3.8) is 0 Å². The second-order valence-corrected chi connectivity index (χ2v) is 8.31. The summed E-state index contributed by atoms with van der Waals surface area (Å²) >= 11 is 0. The van der Waals surface area contributed by atoms with Crippen molar-refractivity contribution < 1.29 is 16.8 Å². The van der Waals surface area contributed by atoms with E-state index in [4.69, 9.17) is 5.14 Å². The molecule has 0 aliphatic heterocycles.